The van der Waals surface area contributed by atoms with Crippen molar-refractivity contribution in [1.29, 1.82) is 0 Å². The van der Waals surface area contributed by atoms with Crippen LogP contribution in [-0.2, 0) is 4.79 Å². The fraction of sp³-hybridized carbons (Fsp3) is 0.200. The van der Waals surface area contributed by atoms with Gasteiger partial charge in [0.2, 0.25) is 0 Å². The zero-order valence-electron chi connectivity index (χ0n) is 8.79. The predicted octanol–water partition coefficient (Wildman–Crippen LogP) is 1.62. The predicted molar refractivity (Wildman–Crippen MR) is 54.5 cm³/mol. The zero-order valence-corrected chi connectivity index (χ0v) is 8.79. The normalized spacial score (nSPS) is 11.4. The van der Waals surface area contributed by atoms with E-state index in [1.807, 2.05) is 0 Å². The smallest absolute Gasteiger partial charge is 0.366 e. The first-order valence-corrected chi connectivity index (χ1v) is 4.63. The van der Waals surface area contributed by atoms with Gasteiger partial charge in [-0.05, 0) is 12.1 Å². The van der Waals surface area contributed by atoms with E-state index >= 15 is 0 Å². The van der Waals surface area contributed by atoms with E-state index < -0.39 is 24.2 Å². The molecule has 0 spiro atoms. The van der Waals surface area contributed by atoms with Crippen LogP contribution in [0.4, 0.5) is 23.2 Å². The third kappa shape index (κ3) is 2.76. The van der Waals surface area contributed by atoms with Gasteiger partial charge in [0.25, 0.3) is 5.91 Å². The van der Waals surface area contributed by atoms with E-state index in [0.29, 0.717) is 0 Å². The molecule has 2 amide bonds. The van der Waals surface area contributed by atoms with Crippen molar-refractivity contribution in [2.75, 3.05) is 5.32 Å². The summed E-state index contributed by atoms with van der Waals surface area (Å²) in [5.41, 5.74) is 4.33. The molecule has 0 atom stereocenters. The Hall–Kier alpha value is -2.12. The van der Waals surface area contributed by atoms with Crippen LogP contribution >= 0.6 is 0 Å². The highest BCUT2D eigenvalue weighted by Crippen LogP contribution is 2.25. The number of nitrogens with two attached hydrogens (primary N) is 1. The maximum Gasteiger partial charge on any atom is 0.383 e. The Kier molecular flexibility index (Phi) is 3.89. The van der Waals surface area contributed by atoms with Gasteiger partial charge < -0.3 is 11.1 Å². The summed E-state index contributed by atoms with van der Waals surface area (Å²) in [7, 11) is 0. The van der Waals surface area contributed by atoms with Gasteiger partial charge in [-0.15, -0.1) is 0 Å². The lowest BCUT2D eigenvalue weighted by Crippen LogP contribution is -2.41. The third-order valence-electron chi connectivity index (χ3n) is 2.02. The van der Waals surface area contributed by atoms with Crippen molar-refractivity contribution in [1.82, 2.24) is 0 Å². The van der Waals surface area contributed by atoms with Crippen LogP contribution in [0.25, 0.3) is 0 Å². The number of alkyl halides is 4. The van der Waals surface area contributed by atoms with E-state index in [1.165, 1.54) is 18.2 Å². The average Bonchev–Trinajstić information content (AvgIpc) is 2.29. The van der Waals surface area contributed by atoms with E-state index in [1.54, 1.807) is 5.32 Å². The van der Waals surface area contributed by atoms with Gasteiger partial charge in [-0.1, -0.05) is 12.1 Å². The molecule has 0 aliphatic heterocycles. The largest absolute Gasteiger partial charge is 0.383 e. The molecule has 1 rings (SSSR count). The first kappa shape index (κ1) is 13.9. The number of nitrogens with one attached hydrogen (secondary N) is 1. The Labute approximate surface area is 98.8 Å². The molecule has 1 aromatic carbocycles. The molecule has 8 heteroatoms. The summed E-state index contributed by atoms with van der Waals surface area (Å²) in [6, 6.07) is 4.96. The molecular weight excluding hydrogens is 256 g/mol. The second kappa shape index (κ2) is 5.03. The van der Waals surface area contributed by atoms with Crippen molar-refractivity contribution in [3.8, 4) is 0 Å². The summed E-state index contributed by atoms with van der Waals surface area (Å²) >= 11 is 0. The lowest BCUT2D eigenvalue weighted by molar-refractivity contribution is -0.163. The second-order valence-corrected chi connectivity index (χ2v) is 3.29. The number of benzene rings is 1. The van der Waals surface area contributed by atoms with Crippen molar-refractivity contribution < 1.29 is 27.2 Å². The van der Waals surface area contributed by atoms with Gasteiger partial charge in [0.05, 0.1) is 11.3 Å². The average molecular weight is 264 g/mol. The molecule has 98 valence electrons. The molecule has 0 heterocycles. The van der Waals surface area contributed by atoms with Crippen LogP contribution < -0.4 is 11.1 Å². The highest BCUT2D eigenvalue weighted by atomic mass is 19.3. The number of hydrogen-bond acceptors (Lipinski definition) is 2. The summed E-state index contributed by atoms with van der Waals surface area (Å²) in [5, 5.41) is 1.54. The minimum absolute atomic E-state index is 0.254. The number of carbonyl (C=O) groups is 2. The van der Waals surface area contributed by atoms with Crippen LogP contribution in [0.1, 0.15) is 10.4 Å². The van der Waals surface area contributed by atoms with Gasteiger partial charge in [0.1, 0.15) is 0 Å². The molecule has 0 fully saturated rings. The number of para-hydroxylation sites is 1. The molecule has 4 nitrogen and oxygen atoms in total. The van der Waals surface area contributed by atoms with Crippen LogP contribution in [0.2, 0.25) is 0 Å². The molecule has 0 aliphatic carbocycles. The molecule has 0 aliphatic rings. The van der Waals surface area contributed by atoms with Gasteiger partial charge in [0.15, 0.2) is 0 Å². The van der Waals surface area contributed by atoms with E-state index in [0.717, 1.165) is 6.07 Å². The first-order valence-electron chi connectivity index (χ1n) is 4.63. The van der Waals surface area contributed by atoms with Gasteiger partial charge in [-0.25, -0.2) is 8.78 Å². The number of amides is 2. The molecule has 0 radical (unpaired) electrons. The van der Waals surface area contributed by atoms with Crippen LogP contribution in [0.3, 0.4) is 0 Å². The van der Waals surface area contributed by atoms with E-state index in [2.05, 4.69) is 0 Å². The minimum atomic E-state index is -4.84. The number of primary amides is 1. The maximum absolute atomic E-state index is 12.7. The highest BCUT2D eigenvalue weighted by molar-refractivity contribution is 6.04. The van der Waals surface area contributed by atoms with Crippen LogP contribution in [0.5, 0.6) is 0 Å². The van der Waals surface area contributed by atoms with Crippen LogP contribution in [0.15, 0.2) is 24.3 Å². The van der Waals surface area contributed by atoms with Crippen molar-refractivity contribution in [2.24, 2.45) is 5.73 Å². The molecule has 0 aromatic heterocycles. The fourth-order valence-electron chi connectivity index (χ4n) is 1.11. The van der Waals surface area contributed by atoms with Crippen molar-refractivity contribution >= 4 is 17.5 Å². The Bertz CT molecular complexity index is 477. The maximum atomic E-state index is 12.7. The molecule has 0 saturated heterocycles. The Morgan fingerprint density at radius 3 is 2.28 bits per heavy atom. The lowest BCUT2D eigenvalue weighted by atomic mass is 10.1. The standard InChI is InChI=1S/C10H8F4N2O2/c11-8(12)10(13,14)9(18)16-6-4-2-1-3-5(6)7(15)17/h1-4,8H,(H2,15,17)(H,16,18). The Morgan fingerprint density at radius 1 is 1.22 bits per heavy atom. The lowest BCUT2D eigenvalue weighted by Gasteiger charge is -2.15. The topological polar surface area (TPSA) is 72.2 Å². The molecular formula is C10H8F4N2O2. The van der Waals surface area contributed by atoms with Gasteiger partial charge in [-0.2, -0.15) is 8.78 Å². The summed E-state index contributed by atoms with van der Waals surface area (Å²) in [6.45, 7) is 0. The quantitative estimate of drug-likeness (QED) is 0.811. The molecule has 0 saturated carbocycles. The zero-order chi connectivity index (χ0) is 13.9. The van der Waals surface area contributed by atoms with Crippen molar-refractivity contribution in [3.05, 3.63) is 29.8 Å². The van der Waals surface area contributed by atoms with Crippen molar-refractivity contribution in [2.45, 2.75) is 12.3 Å². The van der Waals surface area contributed by atoms with Crippen LogP contribution in [-0.4, -0.2) is 24.2 Å². The van der Waals surface area contributed by atoms with Gasteiger partial charge in [-0.3, -0.25) is 9.59 Å². The third-order valence-corrected chi connectivity index (χ3v) is 2.02. The molecule has 0 unspecified atom stereocenters. The van der Waals surface area contributed by atoms with E-state index in [9.17, 15) is 27.2 Å². The highest BCUT2D eigenvalue weighted by Gasteiger charge is 2.49. The van der Waals surface area contributed by atoms with Gasteiger partial charge >= 0.3 is 18.3 Å². The SMILES string of the molecule is NC(=O)c1ccccc1NC(=O)C(F)(F)C(F)F. The monoisotopic (exact) mass is 264 g/mol. The number of rotatable bonds is 4. The Morgan fingerprint density at radius 2 is 1.78 bits per heavy atom. The molecule has 1 aromatic rings. The number of hydrogen-bond donors (Lipinski definition) is 2. The molecule has 0 bridgehead atoms. The summed E-state index contributed by atoms with van der Waals surface area (Å²) in [4.78, 5) is 21.9. The summed E-state index contributed by atoms with van der Waals surface area (Å²) in [6.07, 6.45) is -4.14. The Balaban J connectivity index is 2.99. The molecule has 3 N–H and O–H groups in total. The van der Waals surface area contributed by atoms with E-state index in [-0.39, 0.29) is 11.3 Å². The summed E-state index contributed by atoms with van der Waals surface area (Å²) < 4.78 is 49.2. The van der Waals surface area contributed by atoms with E-state index in [4.69, 9.17) is 5.73 Å². The van der Waals surface area contributed by atoms with Crippen molar-refractivity contribution in [3.63, 3.8) is 0 Å². The number of halogens is 4. The second-order valence-electron chi connectivity index (χ2n) is 3.29. The number of anilines is 1. The van der Waals surface area contributed by atoms with Gasteiger partial charge in [0, 0.05) is 0 Å². The first-order chi connectivity index (χ1) is 8.26. The summed E-state index contributed by atoms with van der Waals surface area (Å²) in [5.74, 6) is -8.03. The number of carbonyl (C=O) groups excluding carboxylic acids is 2. The minimum Gasteiger partial charge on any atom is -0.366 e. The molecule has 18 heavy (non-hydrogen) atoms. The fourth-order valence-corrected chi connectivity index (χ4v) is 1.11. The van der Waals surface area contributed by atoms with Crippen LogP contribution in [0, 0.1) is 0 Å².